The van der Waals surface area contributed by atoms with Crippen molar-refractivity contribution in [2.45, 2.75) is 38.8 Å². The van der Waals surface area contributed by atoms with Crippen molar-refractivity contribution >= 4 is 17.0 Å². The second-order valence-electron chi connectivity index (χ2n) is 7.92. The smallest absolute Gasteiger partial charge is 0.341 e. The predicted octanol–water partition coefficient (Wildman–Crippen LogP) is 5.48. The SMILES string of the molecule is Cc1noc2nc(-c3cccc(C(F)(F)F)c3)cc(C(=O)N(C)CC3CCCC3)c12. The van der Waals surface area contributed by atoms with E-state index in [1.807, 2.05) is 0 Å². The van der Waals surface area contributed by atoms with E-state index in [0.29, 0.717) is 29.1 Å². The summed E-state index contributed by atoms with van der Waals surface area (Å²) in [6.45, 7) is 2.36. The van der Waals surface area contributed by atoms with Crippen molar-refractivity contribution in [3.05, 3.63) is 47.2 Å². The molecule has 1 aromatic carbocycles. The summed E-state index contributed by atoms with van der Waals surface area (Å²) in [6.07, 6.45) is 0.0900. The molecule has 0 unspecified atom stereocenters. The second kappa shape index (κ2) is 7.74. The average molecular weight is 417 g/mol. The highest BCUT2D eigenvalue weighted by atomic mass is 19.4. The monoisotopic (exact) mass is 417 g/mol. The molecule has 0 aliphatic heterocycles. The molecule has 1 fully saturated rings. The van der Waals surface area contributed by atoms with E-state index in [1.54, 1.807) is 18.9 Å². The van der Waals surface area contributed by atoms with Crippen LogP contribution in [0.2, 0.25) is 0 Å². The van der Waals surface area contributed by atoms with Crippen LogP contribution >= 0.6 is 0 Å². The summed E-state index contributed by atoms with van der Waals surface area (Å²) < 4.78 is 44.7. The molecular formula is C22H22F3N3O2. The summed E-state index contributed by atoms with van der Waals surface area (Å²) in [5.41, 5.74) is 0.718. The normalized spacial score (nSPS) is 15.1. The van der Waals surface area contributed by atoms with E-state index in [1.165, 1.54) is 31.0 Å². The molecule has 5 nitrogen and oxygen atoms in total. The number of carbonyl (C=O) groups excluding carboxylic acids is 1. The topological polar surface area (TPSA) is 59.2 Å². The maximum Gasteiger partial charge on any atom is 0.416 e. The van der Waals surface area contributed by atoms with Crippen molar-refractivity contribution in [2.24, 2.45) is 5.92 Å². The van der Waals surface area contributed by atoms with Gasteiger partial charge in [-0.2, -0.15) is 13.2 Å². The fourth-order valence-electron chi connectivity index (χ4n) is 4.13. The number of nitrogens with zero attached hydrogens (tertiary/aromatic N) is 3. The molecule has 8 heteroatoms. The van der Waals surface area contributed by atoms with Crippen LogP contribution in [0.25, 0.3) is 22.4 Å². The van der Waals surface area contributed by atoms with Gasteiger partial charge in [0.1, 0.15) is 0 Å². The standard InChI is InChI=1S/C22H22F3N3O2/c1-13-19-17(21(29)28(2)12-14-6-3-4-7-14)11-18(26-20(19)30-27-13)15-8-5-9-16(10-15)22(23,24)25/h5,8-11,14H,3-4,6-7,12H2,1-2H3. The van der Waals surface area contributed by atoms with Crippen LogP contribution in [-0.2, 0) is 6.18 Å². The second-order valence-corrected chi connectivity index (χ2v) is 7.92. The zero-order valence-electron chi connectivity index (χ0n) is 16.8. The third-order valence-electron chi connectivity index (χ3n) is 5.69. The van der Waals surface area contributed by atoms with Crippen LogP contribution in [0.3, 0.4) is 0 Å². The van der Waals surface area contributed by atoms with Gasteiger partial charge in [0.2, 0.25) is 0 Å². The molecule has 1 aliphatic carbocycles. The van der Waals surface area contributed by atoms with Crippen LogP contribution < -0.4 is 0 Å². The first-order chi connectivity index (χ1) is 14.2. The molecular weight excluding hydrogens is 395 g/mol. The Morgan fingerprint density at radius 1 is 1.23 bits per heavy atom. The lowest BCUT2D eigenvalue weighted by Gasteiger charge is -2.21. The van der Waals surface area contributed by atoms with Crippen molar-refractivity contribution in [3.63, 3.8) is 0 Å². The van der Waals surface area contributed by atoms with E-state index in [4.69, 9.17) is 4.52 Å². The molecule has 0 saturated heterocycles. The van der Waals surface area contributed by atoms with Crippen molar-refractivity contribution in [1.29, 1.82) is 0 Å². The van der Waals surface area contributed by atoms with Crippen LogP contribution in [-0.4, -0.2) is 34.5 Å². The molecule has 1 saturated carbocycles. The molecule has 0 spiro atoms. The minimum atomic E-state index is -4.47. The lowest BCUT2D eigenvalue weighted by molar-refractivity contribution is -0.137. The molecule has 0 bridgehead atoms. The maximum atomic E-state index is 13.3. The number of alkyl halides is 3. The first-order valence-corrected chi connectivity index (χ1v) is 9.94. The van der Waals surface area contributed by atoms with Gasteiger partial charge in [0.15, 0.2) is 0 Å². The lowest BCUT2D eigenvalue weighted by Crippen LogP contribution is -2.31. The number of aryl methyl sites for hydroxylation is 1. The van der Waals surface area contributed by atoms with Gasteiger partial charge in [0.25, 0.3) is 11.6 Å². The summed E-state index contributed by atoms with van der Waals surface area (Å²) in [6, 6.07) is 6.41. The molecule has 1 aliphatic rings. The Balaban J connectivity index is 1.76. The number of carbonyl (C=O) groups is 1. The third-order valence-corrected chi connectivity index (χ3v) is 5.69. The van der Waals surface area contributed by atoms with Gasteiger partial charge in [-0.1, -0.05) is 30.1 Å². The Morgan fingerprint density at radius 3 is 2.67 bits per heavy atom. The van der Waals surface area contributed by atoms with E-state index < -0.39 is 11.7 Å². The summed E-state index contributed by atoms with van der Waals surface area (Å²) in [4.78, 5) is 19.3. The molecule has 0 radical (unpaired) electrons. The van der Waals surface area contributed by atoms with Crippen LogP contribution in [0, 0.1) is 12.8 Å². The van der Waals surface area contributed by atoms with Crippen molar-refractivity contribution < 1.29 is 22.5 Å². The maximum absolute atomic E-state index is 13.3. The molecule has 3 aromatic rings. The number of benzene rings is 1. The van der Waals surface area contributed by atoms with Gasteiger partial charge in [-0.15, -0.1) is 0 Å². The van der Waals surface area contributed by atoms with Crippen molar-refractivity contribution in [2.75, 3.05) is 13.6 Å². The highest BCUT2D eigenvalue weighted by molar-refractivity contribution is 6.06. The summed E-state index contributed by atoms with van der Waals surface area (Å²) in [7, 11) is 1.75. The Morgan fingerprint density at radius 2 is 1.97 bits per heavy atom. The molecule has 1 amide bonds. The van der Waals surface area contributed by atoms with E-state index in [2.05, 4.69) is 10.1 Å². The summed E-state index contributed by atoms with van der Waals surface area (Å²) in [5, 5.41) is 4.40. The Labute approximate surface area is 171 Å². The highest BCUT2D eigenvalue weighted by Crippen LogP contribution is 2.34. The van der Waals surface area contributed by atoms with Gasteiger partial charge >= 0.3 is 6.18 Å². The summed E-state index contributed by atoms with van der Waals surface area (Å²) >= 11 is 0. The molecule has 0 atom stereocenters. The van der Waals surface area contributed by atoms with Crippen LogP contribution in [0.5, 0.6) is 0 Å². The number of amides is 1. The van der Waals surface area contributed by atoms with Gasteiger partial charge in [-0.25, -0.2) is 4.98 Å². The Bertz CT molecular complexity index is 1080. The lowest BCUT2D eigenvalue weighted by atomic mass is 10.0. The molecule has 4 rings (SSSR count). The first kappa shape index (κ1) is 20.4. The average Bonchev–Trinajstić information content (AvgIpc) is 3.36. The van der Waals surface area contributed by atoms with E-state index >= 15 is 0 Å². The quantitative estimate of drug-likeness (QED) is 0.564. The van der Waals surface area contributed by atoms with Gasteiger partial charge in [0, 0.05) is 19.2 Å². The zero-order valence-corrected chi connectivity index (χ0v) is 16.8. The Hall–Kier alpha value is -2.90. The number of hydrogen-bond donors (Lipinski definition) is 0. The number of fused-ring (bicyclic) bond motifs is 1. The van der Waals surface area contributed by atoms with Crippen LogP contribution in [0.1, 0.15) is 47.3 Å². The van der Waals surface area contributed by atoms with Crippen molar-refractivity contribution in [1.82, 2.24) is 15.0 Å². The van der Waals surface area contributed by atoms with Crippen LogP contribution in [0.15, 0.2) is 34.9 Å². The van der Waals surface area contributed by atoms with Crippen LogP contribution in [0.4, 0.5) is 13.2 Å². The zero-order chi connectivity index (χ0) is 21.5. The molecule has 158 valence electrons. The third kappa shape index (κ3) is 3.91. The summed E-state index contributed by atoms with van der Waals surface area (Å²) in [5.74, 6) is 0.261. The Kier molecular flexibility index (Phi) is 5.26. The first-order valence-electron chi connectivity index (χ1n) is 9.94. The van der Waals surface area contributed by atoms with E-state index in [0.717, 1.165) is 25.0 Å². The van der Waals surface area contributed by atoms with Gasteiger partial charge < -0.3 is 9.42 Å². The molecule has 2 aromatic heterocycles. The number of aromatic nitrogens is 2. The number of hydrogen-bond acceptors (Lipinski definition) is 4. The highest BCUT2D eigenvalue weighted by Gasteiger charge is 2.31. The van der Waals surface area contributed by atoms with E-state index in [-0.39, 0.29) is 22.9 Å². The largest absolute Gasteiger partial charge is 0.416 e. The minimum Gasteiger partial charge on any atom is -0.341 e. The fraction of sp³-hybridized carbons (Fsp3) is 0.409. The van der Waals surface area contributed by atoms with Gasteiger partial charge in [-0.3, -0.25) is 4.79 Å². The molecule has 0 N–H and O–H groups in total. The van der Waals surface area contributed by atoms with Crippen molar-refractivity contribution in [3.8, 4) is 11.3 Å². The predicted molar refractivity (Wildman–Crippen MR) is 106 cm³/mol. The molecule has 2 heterocycles. The number of pyridine rings is 1. The molecule has 30 heavy (non-hydrogen) atoms. The number of halogens is 3. The number of rotatable bonds is 4. The van der Waals surface area contributed by atoms with Gasteiger partial charge in [-0.05, 0) is 43.9 Å². The minimum absolute atomic E-state index is 0.139. The fourth-order valence-corrected chi connectivity index (χ4v) is 4.13. The van der Waals surface area contributed by atoms with E-state index in [9.17, 15) is 18.0 Å². The van der Waals surface area contributed by atoms with Gasteiger partial charge in [0.05, 0.1) is 27.9 Å².